The number of halogens is 1. The first-order chi connectivity index (χ1) is 13.7. The van der Waals surface area contributed by atoms with E-state index < -0.39 is 21.8 Å². The number of sulfonamides is 1. The zero-order valence-corrected chi connectivity index (χ0v) is 17.5. The molecule has 3 rings (SSSR count). The number of benzene rings is 1. The second-order valence-corrected chi connectivity index (χ2v) is 9.17. The molecule has 0 atom stereocenters. The van der Waals surface area contributed by atoms with E-state index in [1.807, 2.05) is 0 Å². The fourth-order valence-electron chi connectivity index (χ4n) is 3.37. The number of rotatable bonds is 4. The van der Waals surface area contributed by atoms with Crippen molar-refractivity contribution < 1.29 is 27.5 Å². The summed E-state index contributed by atoms with van der Waals surface area (Å²) in [7, 11) is -3.70. The van der Waals surface area contributed by atoms with Gasteiger partial charge in [0.2, 0.25) is 15.9 Å². The maximum Gasteiger partial charge on any atom is 0.409 e. The van der Waals surface area contributed by atoms with Gasteiger partial charge in [0.15, 0.2) is 0 Å². The summed E-state index contributed by atoms with van der Waals surface area (Å²) in [6.07, 6.45) is 0.733. The van der Waals surface area contributed by atoms with E-state index in [9.17, 15) is 22.8 Å². The zero-order valence-electron chi connectivity index (χ0n) is 15.9. The number of nitrogens with zero attached hydrogens (tertiary/aromatic N) is 2. The normalized spacial score (nSPS) is 19.3. The quantitative estimate of drug-likeness (QED) is 0.758. The van der Waals surface area contributed by atoms with E-state index in [2.05, 4.69) is 5.32 Å². The second kappa shape index (κ2) is 8.58. The van der Waals surface area contributed by atoms with Crippen LogP contribution < -0.4 is 9.62 Å². The van der Waals surface area contributed by atoms with E-state index in [-0.39, 0.29) is 40.6 Å². The highest BCUT2D eigenvalue weighted by atomic mass is 35.5. The third-order valence-electron chi connectivity index (χ3n) is 4.87. The SMILES string of the molecule is CCOC(=O)N1CCC(NC(=O)c2ccc(N3C(=O)CCS3(=O)=O)cc2Cl)CC1. The van der Waals surface area contributed by atoms with Crippen molar-refractivity contribution in [2.45, 2.75) is 32.2 Å². The van der Waals surface area contributed by atoms with E-state index in [1.54, 1.807) is 11.8 Å². The van der Waals surface area contributed by atoms with Crippen molar-refractivity contribution in [1.82, 2.24) is 10.2 Å². The van der Waals surface area contributed by atoms with Gasteiger partial charge in [-0.3, -0.25) is 9.59 Å². The number of hydrogen-bond acceptors (Lipinski definition) is 6. The fraction of sp³-hybridized carbons (Fsp3) is 0.500. The lowest BCUT2D eigenvalue weighted by Crippen LogP contribution is -2.46. The van der Waals surface area contributed by atoms with Gasteiger partial charge in [0.1, 0.15) is 0 Å². The summed E-state index contributed by atoms with van der Waals surface area (Å²) >= 11 is 6.20. The van der Waals surface area contributed by atoms with E-state index in [1.165, 1.54) is 18.2 Å². The van der Waals surface area contributed by atoms with Gasteiger partial charge in [-0.1, -0.05) is 11.6 Å². The highest BCUT2D eigenvalue weighted by molar-refractivity contribution is 7.94. The van der Waals surface area contributed by atoms with Crippen molar-refractivity contribution in [3.05, 3.63) is 28.8 Å². The van der Waals surface area contributed by atoms with Gasteiger partial charge < -0.3 is 15.0 Å². The number of carbonyl (C=O) groups is 3. The van der Waals surface area contributed by atoms with Gasteiger partial charge in [0.25, 0.3) is 5.91 Å². The van der Waals surface area contributed by atoms with Crippen LogP contribution >= 0.6 is 11.6 Å². The van der Waals surface area contributed by atoms with Crippen molar-refractivity contribution in [1.29, 1.82) is 0 Å². The minimum Gasteiger partial charge on any atom is -0.450 e. The second-order valence-electron chi connectivity index (χ2n) is 6.82. The van der Waals surface area contributed by atoms with E-state index >= 15 is 0 Å². The van der Waals surface area contributed by atoms with Crippen molar-refractivity contribution in [2.75, 3.05) is 29.8 Å². The van der Waals surface area contributed by atoms with Crippen molar-refractivity contribution >= 4 is 45.2 Å². The van der Waals surface area contributed by atoms with Crippen LogP contribution in [0.4, 0.5) is 10.5 Å². The Hall–Kier alpha value is -2.33. The van der Waals surface area contributed by atoms with Crippen molar-refractivity contribution in [2.24, 2.45) is 0 Å². The Labute approximate surface area is 174 Å². The Morgan fingerprint density at radius 3 is 2.52 bits per heavy atom. The molecule has 0 aliphatic carbocycles. The molecule has 0 radical (unpaired) electrons. The highest BCUT2D eigenvalue weighted by Gasteiger charge is 2.36. The molecular formula is C18H22ClN3O6S. The molecule has 0 aromatic heterocycles. The van der Waals surface area contributed by atoms with E-state index in [0.29, 0.717) is 32.5 Å². The number of piperidine rings is 1. The van der Waals surface area contributed by atoms with Crippen molar-refractivity contribution in [3.63, 3.8) is 0 Å². The molecule has 2 heterocycles. The summed E-state index contributed by atoms with van der Waals surface area (Å²) in [5, 5.41) is 2.94. The number of hydrogen-bond donors (Lipinski definition) is 1. The topological polar surface area (TPSA) is 113 Å². The summed E-state index contributed by atoms with van der Waals surface area (Å²) in [6.45, 7) is 3.01. The Balaban J connectivity index is 1.64. The van der Waals surface area contributed by atoms with E-state index in [4.69, 9.17) is 16.3 Å². The largest absolute Gasteiger partial charge is 0.450 e. The Bertz CT molecular complexity index is 928. The number of carbonyl (C=O) groups excluding carboxylic acids is 3. The predicted molar refractivity (Wildman–Crippen MR) is 106 cm³/mol. The Morgan fingerprint density at radius 2 is 1.97 bits per heavy atom. The molecule has 0 spiro atoms. The monoisotopic (exact) mass is 443 g/mol. The molecule has 29 heavy (non-hydrogen) atoms. The van der Waals surface area contributed by atoms with E-state index in [0.717, 1.165) is 4.31 Å². The van der Waals surface area contributed by atoms with Crippen LogP contribution in [0.5, 0.6) is 0 Å². The van der Waals surface area contributed by atoms with Crippen LogP contribution in [0.3, 0.4) is 0 Å². The van der Waals surface area contributed by atoms with Crippen LogP contribution in [0.1, 0.15) is 36.5 Å². The predicted octanol–water partition coefficient (Wildman–Crippen LogP) is 1.76. The number of anilines is 1. The average molecular weight is 444 g/mol. The molecule has 158 valence electrons. The first-order valence-corrected chi connectivity index (χ1v) is 11.3. The van der Waals surface area contributed by atoms with Crippen LogP contribution in [-0.4, -0.2) is 62.7 Å². The molecule has 2 fully saturated rings. The molecule has 11 heteroatoms. The molecule has 1 aromatic carbocycles. The van der Waals surface area contributed by atoms with Crippen molar-refractivity contribution in [3.8, 4) is 0 Å². The fourth-order valence-corrected chi connectivity index (χ4v) is 5.08. The first-order valence-electron chi connectivity index (χ1n) is 9.31. The van der Waals surface area contributed by atoms with Crippen LogP contribution in [0.2, 0.25) is 5.02 Å². The summed E-state index contributed by atoms with van der Waals surface area (Å²) in [6, 6.07) is 3.98. The van der Waals surface area contributed by atoms with Gasteiger partial charge in [-0.15, -0.1) is 0 Å². The summed E-state index contributed by atoms with van der Waals surface area (Å²) < 4.78 is 29.8. The standard InChI is InChI=1S/C18H22ClN3O6S/c1-2-28-18(25)21-8-5-12(6-9-21)20-17(24)14-4-3-13(11-15(14)19)22-16(23)7-10-29(22,26)27/h3-4,11-12H,2,5-10H2,1H3,(H,20,24). The van der Waals surface area contributed by atoms with Crippen LogP contribution in [0.25, 0.3) is 0 Å². The third kappa shape index (κ3) is 4.64. The molecule has 9 nitrogen and oxygen atoms in total. The van der Waals surface area contributed by atoms with Gasteiger partial charge in [-0.05, 0) is 38.0 Å². The van der Waals surface area contributed by atoms with Gasteiger partial charge in [0.05, 0.1) is 28.6 Å². The van der Waals surface area contributed by atoms with Gasteiger partial charge in [-0.2, -0.15) is 0 Å². The zero-order chi connectivity index (χ0) is 21.2. The minimum atomic E-state index is -3.70. The lowest BCUT2D eigenvalue weighted by Gasteiger charge is -2.31. The average Bonchev–Trinajstić information content (AvgIpc) is 2.94. The Kier molecular flexibility index (Phi) is 6.33. The first kappa shape index (κ1) is 21.4. The lowest BCUT2D eigenvalue weighted by atomic mass is 10.0. The Morgan fingerprint density at radius 1 is 1.28 bits per heavy atom. The smallest absolute Gasteiger partial charge is 0.409 e. The molecular weight excluding hydrogens is 422 g/mol. The van der Waals surface area contributed by atoms with Crippen LogP contribution in [0.15, 0.2) is 18.2 Å². The molecule has 2 aliphatic heterocycles. The molecule has 0 saturated carbocycles. The molecule has 2 saturated heterocycles. The highest BCUT2D eigenvalue weighted by Crippen LogP contribution is 2.29. The number of amides is 3. The summed E-state index contributed by atoms with van der Waals surface area (Å²) in [4.78, 5) is 37.8. The maximum atomic E-state index is 12.6. The van der Waals surface area contributed by atoms with Crippen LogP contribution in [0, 0.1) is 0 Å². The molecule has 3 amide bonds. The van der Waals surface area contributed by atoms with Gasteiger partial charge in [0, 0.05) is 25.6 Å². The summed E-state index contributed by atoms with van der Waals surface area (Å²) in [5.74, 6) is -1.16. The lowest BCUT2D eigenvalue weighted by molar-refractivity contribution is -0.116. The van der Waals surface area contributed by atoms with Gasteiger partial charge in [-0.25, -0.2) is 17.5 Å². The molecule has 0 unspecified atom stereocenters. The molecule has 1 N–H and O–H groups in total. The van der Waals surface area contributed by atoms with Crippen LogP contribution in [-0.2, 0) is 19.6 Å². The number of likely N-dealkylation sites (tertiary alicyclic amines) is 1. The molecule has 0 bridgehead atoms. The third-order valence-corrected chi connectivity index (χ3v) is 6.87. The number of nitrogens with one attached hydrogen (secondary N) is 1. The minimum absolute atomic E-state index is 0.0545. The summed E-state index contributed by atoms with van der Waals surface area (Å²) in [5.41, 5.74) is 0.309. The number of ether oxygens (including phenoxy) is 1. The van der Waals surface area contributed by atoms with Gasteiger partial charge >= 0.3 is 6.09 Å². The maximum absolute atomic E-state index is 12.6. The molecule has 1 aromatic rings. The molecule has 2 aliphatic rings.